The van der Waals surface area contributed by atoms with E-state index in [1.165, 1.54) is 10.6 Å². The van der Waals surface area contributed by atoms with Crippen molar-refractivity contribution in [2.24, 2.45) is 0 Å². The van der Waals surface area contributed by atoms with Crippen LogP contribution in [-0.2, 0) is 0 Å². The average molecular weight is 433 g/mol. The van der Waals surface area contributed by atoms with Gasteiger partial charge in [0.15, 0.2) is 18.1 Å². The van der Waals surface area contributed by atoms with Crippen molar-refractivity contribution >= 4 is 23.2 Å². The SMILES string of the molecule is Nc1nn2ccc3nc2c1C(=O)NCC(F)(F)COc1ncc(F)cc1C1CCCN31. The third kappa shape index (κ3) is 3.37. The van der Waals surface area contributed by atoms with Gasteiger partial charge >= 0.3 is 0 Å². The Morgan fingerprint density at radius 3 is 3.03 bits per heavy atom. The van der Waals surface area contributed by atoms with Crippen LogP contribution in [0.4, 0.5) is 24.8 Å². The van der Waals surface area contributed by atoms with Crippen LogP contribution in [0.3, 0.4) is 0 Å². The molecule has 1 amide bonds. The first-order chi connectivity index (χ1) is 14.8. The summed E-state index contributed by atoms with van der Waals surface area (Å²) in [6, 6.07) is 2.56. The number of nitrogens with zero attached hydrogens (tertiary/aromatic N) is 5. The Kier molecular flexibility index (Phi) is 4.38. The fourth-order valence-corrected chi connectivity index (χ4v) is 4.00. The lowest BCUT2D eigenvalue weighted by atomic mass is 10.1. The van der Waals surface area contributed by atoms with Crippen molar-refractivity contribution < 1.29 is 22.7 Å². The number of amides is 1. The van der Waals surface area contributed by atoms with E-state index in [0.717, 1.165) is 12.6 Å². The van der Waals surface area contributed by atoms with Crippen LogP contribution in [0.1, 0.15) is 34.8 Å². The molecule has 31 heavy (non-hydrogen) atoms. The van der Waals surface area contributed by atoms with Crippen LogP contribution < -0.4 is 20.7 Å². The number of anilines is 2. The molecule has 5 rings (SSSR count). The summed E-state index contributed by atoms with van der Waals surface area (Å²) in [6.07, 6.45) is 3.90. The average Bonchev–Trinajstić information content (AvgIpc) is 3.34. The minimum Gasteiger partial charge on any atom is -0.471 e. The number of pyridine rings is 1. The van der Waals surface area contributed by atoms with Crippen LogP contribution in [0, 0.1) is 5.82 Å². The maximum atomic E-state index is 14.4. The molecule has 162 valence electrons. The zero-order valence-electron chi connectivity index (χ0n) is 16.2. The van der Waals surface area contributed by atoms with Gasteiger partial charge in [0.1, 0.15) is 17.2 Å². The first-order valence-corrected chi connectivity index (χ1v) is 9.68. The maximum Gasteiger partial charge on any atom is 0.298 e. The van der Waals surface area contributed by atoms with E-state index in [9.17, 15) is 18.0 Å². The normalized spacial score (nSPS) is 20.7. The standard InChI is InChI=1S/C19H18F3N7O2/c20-10-6-11-12-2-1-4-28(12)13-3-5-29-16(26-13)14(15(23)27-29)17(30)25-8-19(21,22)9-31-18(11)24-7-10/h3,5-7,12H,1-2,4,8-9H2,(H2,23,27)(H,25,30). The van der Waals surface area contributed by atoms with Crippen molar-refractivity contribution in [3.05, 3.63) is 41.5 Å². The largest absolute Gasteiger partial charge is 0.471 e. The molecular formula is C19H18F3N7O2. The van der Waals surface area contributed by atoms with Gasteiger partial charge in [0.2, 0.25) is 5.88 Å². The van der Waals surface area contributed by atoms with Gasteiger partial charge in [-0.15, -0.1) is 5.10 Å². The summed E-state index contributed by atoms with van der Waals surface area (Å²) >= 11 is 0. The number of carbonyl (C=O) groups is 1. The summed E-state index contributed by atoms with van der Waals surface area (Å²) in [5.41, 5.74) is 6.29. The summed E-state index contributed by atoms with van der Waals surface area (Å²) in [5.74, 6) is -4.49. The predicted octanol–water partition coefficient (Wildman–Crippen LogP) is 1.94. The number of nitrogens with one attached hydrogen (secondary N) is 1. The molecule has 0 aromatic carbocycles. The third-order valence-corrected chi connectivity index (χ3v) is 5.40. The van der Waals surface area contributed by atoms with E-state index in [1.807, 2.05) is 4.90 Å². The fourth-order valence-electron chi connectivity index (χ4n) is 4.00. The number of carbonyl (C=O) groups excluding carboxylic acids is 1. The molecule has 0 saturated carbocycles. The molecule has 1 fully saturated rings. The summed E-state index contributed by atoms with van der Waals surface area (Å²) in [4.78, 5) is 22.9. The van der Waals surface area contributed by atoms with Gasteiger partial charge in [-0.3, -0.25) is 4.79 Å². The molecular weight excluding hydrogens is 415 g/mol. The number of fused-ring (bicyclic) bond motifs is 5. The van der Waals surface area contributed by atoms with E-state index < -0.39 is 30.8 Å². The molecule has 0 spiro atoms. The molecule has 9 nitrogen and oxygen atoms in total. The van der Waals surface area contributed by atoms with Gasteiger partial charge in [-0.25, -0.2) is 27.7 Å². The van der Waals surface area contributed by atoms with E-state index >= 15 is 0 Å². The Bertz CT molecular complexity index is 1180. The second-order valence-corrected chi connectivity index (χ2v) is 7.54. The molecule has 2 aliphatic heterocycles. The minimum absolute atomic E-state index is 0.0725. The second-order valence-electron chi connectivity index (χ2n) is 7.54. The first-order valence-electron chi connectivity index (χ1n) is 9.68. The van der Waals surface area contributed by atoms with Crippen molar-refractivity contribution in [3.63, 3.8) is 0 Å². The molecule has 5 heterocycles. The number of nitrogens with two attached hydrogens (primary N) is 1. The molecule has 1 unspecified atom stereocenters. The lowest BCUT2D eigenvalue weighted by Crippen LogP contribution is -2.41. The van der Waals surface area contributed by atoms with Crippen molar-refractivity contribution in [2.45, 2.75) is 24.8 Å². The lowest BCUT2D eigenvalue weighted by Gasteiger charge is -2.28. The van der Waals surface area contributed by atoms with Crippen LogP contribution in [0.25, 0.3) is 5.65 Å². The monoisotopic (exact) mass is 433 g/mol. The number of nitrogen functional groups attached to an aromatic ring is 1. The number of ether oxygens (including phenoxy) is 1. The Morgan fingerprint density at radius 1 is 1.35 bits per heavy atom. The van der Waals surface area contributed by atoms with Crippen LogP contribution in [0.2, 0.25) is 0 Å². The Morgan fingerprint density at radius 2 is 2.19 bits per heavy atom. The molecule has 12 heteroatoms. The van der Waals surface area contributed by atoms with Crippen LogP contribution in [-0.4, -0.2) is 51.1 Å². The number of hydrogen-bond acceptors (Lipinski definition) is 7. The highest BCUT2D eigenvalue weighted by Crippen LogP contribution is 2.39. The van der Waals surface area contributed by atoms with Crippen LogP contribution >= 0.6 is 0 Å². The van der Waals surface area contributed by atoms with Gasteiger partial charge in [-0.2, -0.15) is 0 Å². The molecule has 1 saturated heterocycles. The molecule has 0 radical (unpaired) electrons. The second kappa shape index (κ2) is 7.00. The highest BCUT2D eigenvalue weighted by molar-refractivity contribution is 6.04. The highest BCUT2D eigenvalue weighted by Gasteiger charge is 2.35. The van der Waals surface area contributed by atoms with Crippen molar-refractivity contribution in [3.8, 4) is 5.88 Å². The van der Waals surface area contributed by atoms with E-state index in [1.54, 1.807) is 12.3 Å². The fraction of sp³-hybridized carbons (Fsp3) is 0.368. The first kappa shape index (κ1) is 19.4. The van der Waals surface area contributed by atoms with E-state index in [4.69, 9.17) is 10.5 Å². The van der Waals surface area contributed by atoms with E-state index in [-0.39, 0.29) is 29.0 Å². The summed E-state index contributed by atoms with van der Waals surface area (Å²) < 4.78 is 49.4. The Labute approximate surface area is 174 Å². The van der Waals surface area contributed by atoms with Gasteiger partial charge in [-0.05, 0) is 25.0 Å². The Balaban J connectivity index is 1.69. The minimum atomic E-state index is -3.40. The van der Waals surface area contributed by atoms with Gasteiger partial charge < -0.3 is 20.7 Å². The summed E-state index contributed by atoms with van der Waals surface area (Å²) in [5, 5.41) is 6.21. The molecule has 0 aliphatic carbocycles. The smallest absolute Gasteiger partial charge is 0.298 e. The van der Waals surface area contributed by atoms with E-state index in [0.29, 0.717) is 24.3 Å². The maximum absolute atomic E-state index is 14.4. The number of hydrogen-bond donors (Lipinski definition) is 2. The summed E-state index contributed by atoms with van der Waals surface area (Å²) in [6.45, 7) is -1.44. The summed E-state index contributed by atoms with van der Waals surface area (Å²) in [7, 11) is 0. The Hall–Kier alpha value is -3.57. The quantitative estimate of drug-likeness (QED) is 0.558. The van der Waals surface area contributed by atoms with Gasteiger partial charge in [-0.1, -0.05) is 0 Å². The number of rotatable bonds is 0. The number of halogens is 3. The third-order valence-electron chi connectivity index (χ3n) is 5.40. The predicted molar refractivity (Wildman–Crippen MR) is 104 cm³/mol. The zero-order valence-corrected chi connectivity index (χ0v) is 16.2. The molecule has 3 N–H and O–H groups in total. The topological polar surface area (TPSA) is 111 Å². The van der Waals surface area contributed by atoms with Crippen LogP contribution in [0.15, 0.2) is 24.5 Å². The van der Waals surface area contributed by atoms with Crippen LogP contribution in [0.5, 0.6) is 5.88 Å². The molecule has 2 bridgehead atoms. The van der Waals surface area contributed by atoms with Gasteiger partial charge in [0, 0.05) is 18.3 Å². The molecule has 2 aliphatic rings. The van der Waals surface area contributed by atoms with Crippen molar-refractivity contribution in [1.82, 2.24) is 24.9 Å². The molecule has 1 atom stereocenters. The zero-order chi connectivity index (χ0) is 21.8. The van der Waals surface area contributed by atoms with Gasteiger partial charge in [0.05, 0.1) is 18.8 Å². The highest BCUT2D eigenvalue weighted by atomic mass is 19.3. The molecule has 3 aromatic heterocycles. The lowest BCUT2D eigenvalue weighted by molar-refractivity contribution is -0.0391. The number of alkyl halides is 2. The van der Waals surface area contributed by atoms with Gasteiger partial charge in [0.25, 0.3) is 11.8 Å². The van der Waals surface area contributed by atoms with E-state index in [2.05, 4.69) is 20.4 Å². The van der Waals surface area contributed by atoms with Crippen molar-refractivity contribution in [2.75, 3.05) is 30.3 Å². The number of aromatic nitrogens is 4. The van der Waals surface area contributed by atoms with Crippen molar-refractivity contribution in [1.29, 1.82) is 0 Å². The molecule has 3 aromatic rings.